The topological polar surface area (TPSA) is 75.7 Å². The second-order valence-electron chi connectivity index (χ2n) is 3.58. The molecule has 1 heterocycles. The number of nitrogens with one attached hydrogen (secondary N) is 1. The highest BCUT2D eigenvalue weighted by Crippen LogP contribution is 2.17. The maximum atomic E-state index is 11.3. The van der Waals surface area contributed by atoms with Crippen molar-refractivity contribution in [2.24, 2.45) is 0 Å². The number of carbonyl (C=O) groups is 3. The summed E-state index contributed by atoms with van der Waals surface area (Å²) >= 11 is 0. The molecule has 0 atom stereocenters. The summed E-state index contributed by atoms with van der Waals surface area (Å²) in [6.07, 6.45) is 2.37. The van der Waals surface area contributed by atoms with Gasteiger partial charge < -0.3 is 4.74 Å². The molecule has 0 unspecified atom stereocenters. The van der Waals surface area contributed by atoms with Crippen LogP contribution in [-0.4, -0.2) is 22.8 Å². The number of imide groups is 1. The van der Waals surface area contributed by atoms with E-state index >= 15 is 0 Å². The Kier molecular flexibility index (Phi) is 3.09. The van der Waals surface area contributed by atoms with E-state index < -0.39 is 17.8 Å². The summed E-state index contributed by atoms with van der Waals surface area (Å²) in [6, 6.07) is 6.30. The number of hydrazine groups is 1. The monoisotopic (exact) mass is 246 g/mol. The van der Waals surface area contributed by atoms with Gasteiger partial charge in [0.2, 0.25) is 0 Å². The van der Waals surface area contributed by atoms with Gasteiger partial charge in [-0.25, -0.2) is 0 Å². The minimum atomic E-state index is -0.427. The van der Waals surface area contributed by atoms with E-state index in [-0.39, 0.29) is 0 Å². The van der Waals surface area contributed by atoms with E-state index in [1.165, 1.54) is 19.1 Å². The van der Waals surface area contributed by atoms with E-state index in [0.29, 0.717) is 11.4 Å². The van der Waals surface area contributed by atoms with Crippen molar-refractivity contribution >= 4 is 23.5 Å². The molecule has 0 aromatic heterocycles. The van der Waals surface area contributed by atoms with Crippen molar-refractivity contribution in [3.05, 3.63) is 36.4 Å². The third-order valence-electron chi connectivity index (χ3n) is 2.17. The van der Waals surface area contributed by atoms with E-state index in [4.69, 9.17) is 4.74 Å². The maximum absolute atomic E-state index is 11.3. The Morgan fingerprint density at radius 2 is 1.67 bits per heavy atom. The van der Waals surface area contributed by atoms with Crippen LogP contribution in [0.15, 0.2) is 36.4 Å². The fraction of sp³-hybridized carbons (Fsp3) is 0.0833. The first-order valence-electron chi connectivity index (χ1n) is 5.17. The molecule has 1 N–H and O–H groups in total. The quantitative estimate of drug-likeness (QED) is 0.486. The van der Waals surface area contributed by atoms with Crippen LogP contribution in [0.4, 0.5) is 5.69 Å². The van der Waals surface area contributed by atoms with Gasteiger partial charge in [-0.05, 0) is 24.3 Å². The lowest BCUT2D eigenvalue weighted by Gasteiger charge is -2.16. The van der Waals surface area contributed by atoms with E-state index in [0.717, 1.165) is 5.01 Å². The van der Waals surface area contributed by atoms with Crippen LogP contribution < -0.4 is 10.2 Å². The zero-order valence-corrected chi connectivity index (χ0v) is 9.54. The van der Waals surface area contributed by atoms with Crippen molar-refractivity contribution < 1.29 is 19.1 Å². The van der Waals surface area contributed by atoms with Gasteiger partial charge in [-0.1, -0.05) is 0 Å². The second-order valence-corrected chi connectivity index (χ2v) is 3.58. The Labute approximate surface area is 103 Å². The molecule has 18 heavy (non-hydrogen) atoms. The molecule has 1 aromatic carbocycles. The van der Waals surface area contributed by atoms with E-state index in [2.05, 4.69) is 5.43 Å². The van der Waals surface area contributed by atoms with Crippen LogP contribution >= 0.6 is 0 Å². The molecule has 0 spiro atoms. The van der Waals surface area contributed by atoms with Gasteiger partial charge in [-0.2, -0.15) is 5.01 Å². The van der Waals surface area contributed by atoms with Crippen LogP contribution in [0, 0.1) is 0 Å². The van der Waals surface area contributed by atoms with Crippen molar-refractivity contribution in [1.82, 2.24) is 5.01 Å². The molecule has 0 aliphatic carbocycles. The Morgan fingerprint density at radius 3 is 2.17 bits per heavy atom. The van der Waals surface area contributed by atoms with Crippen LogP contribution in [-0.2, 0) is 14.4 Å². The standard InChI is InChI=1S/C12H10N2O4/c1-8(15)18-10-4-2-9(3-5-10)13-14-11(16)6-7-12(14)17/h2-7,13H,1H3. The number of hydrogen-bond donors (Lipinski definition) is 1. The first-order chi connectivity index (χ1) is 8.56. The predicted molar refractivity (Wildman–Crippen MR) is 62.4 cm³/mol. The number of amides is 2. The smallest absolute Gasteiger partial charge is 0.308 e. The van der Waals surface area contributed by atoms with Crippen LogP contribution in [0.2, 0.25) is 0 Å². The first kappa shape index (κ1) is 11.8. The molecule has 0 saturated carbocycles. The third-order valence-corrected chi connectivity index (χ3v) is 2.17. The Morgan fingerprint density at radius 1 is 1.11 bits per heavy atom. The number of anilines is 1. The van der Waals surface area contributed by atoms with Crippen LogP contribution in [0.3, 0.4) is 0 Å². The van der Waals surface area contributed by atoms with Crippen molar-refractivity contribution in [1.29, 1.82) is 0 Å². The number of hydrogen-bond acceptors (Lipinski definition) is 5. The van der Waals surface area contributed by atoms with Gasteiger partial charge in [0.1, 0.15) is 5.75 Å². The lowest BCUT2D eigenvalue weighted by Crippen LogP contribution is -2.35. The summed E-state index contributed by atoms with van der Waals surface area (Å²) in [5, 5.41) is 0.890. The zero-order chi connectivity index (χ0) is 13.1. The molecule has 1 aliphatic heterocycles. The molecule has 0 saturated heterocycles. The van der Waals surface area contributed by atoms with Crippen molar-refractivity contribution in [3.63, 3.8) is 0 Å². The number of esters is 1. The molecular formula is C12H10N2O4. The molecule has 92 valence electrons. The number of rotatable bonds is 3. The summed E-state index contributed by atoms with van der Waals surface area (Å²) in [4.78, 5) is 33.3. The van der Waals surface area contributed by atoms with Crippen LogP contribution in [0.1, 0.15) is 6.92 Å². The number of carbonyl (C=O) groups excluding carboxylic acids is 3. The highest BCUT2D eigenvalue weighted by molar-refractivity contribution is 6.13. The molecule has 2 amide bonds. The molecule has 0 fully saturated rings. The lowest BCUT2D eigenvalue weighted by atomic mass is 10.3. The largest absolute Gasteiger partial charge is 0.427 e. The molecule has 0 bridgehead atoms. The van der Waals surface area contributed by atoms with Gasteiger partial charge in [0.05, 0.1) is 5.69 Å². The molecule has 6 nitrogen and oxygen atoms in total. The SMILES string of the molecule is CC(=O)Oc1ccc(NN2C(=O)C=CC2=O)cc1. The summed E-state index contributed by atoms with van der Waals surface area (Å²) in [6.45, 7) is 1.30. The number of benzene rings is 1. The van der Waals surface area contributed by atoms with Gasteiger partial charge >= 0.3 is 5.97 Å². The normalized spacial score (nSPS) is 13.9. The molecule has 1 aromatic rings. The van der Waals surface area contributed by atoms with Crippen LogP contribution in [0.5, 0.6) is 5.75 Å². The summed E-state index contributed by atoms with van der Waals surface area (Å²) < 4.78 is 4.85. The highest BCUT2D eigenvalue weighted by atomic mass is 16.5. The summed E-state index contributed by atoms with van der Waals surface area (Å²) in [5.74, 6) is -0.872. The molecule has 0 radical (unpaired) electrons. The maximum Gasteiger partial charge on any atom is 0.308 e. The first-order valence-corrected chi connectivity index (χ1v) is 5.17. The third kappa shape index (κ3) is 2.54. The van der Waals surface area contributed by atoms with E-state index in [1.807, 2.05) is 0 Å². The average Bonchev–Trinajstić information content (AvgIpc) is 2.63. The van der Waals surface area contributed by atoms with Gasteiger partial charge in [-0.3, -0.25) is 19.8 Å². The predicted octanol–water partition coefficient (Wildman–Crippen LogP) is 0.864. The molecular weight excluding hydrogens is 236 g/mol. The fourth-order valence-corrected chi connectivity index (χ4v) is 1.40. The van der Waals surface area contributed by atoms with Gasteiger partial charge in [-0.15, -0.1) is 0 Å². The molecule has 6 heteroatoms. The van der Waals surface area contributed by atoms with Crippen molar-refractivity contribution in [2.45, 2.75) is 6.92 Å². The second kappa shape index (κ2) is 4.70. The van der Waals surface area contributed by atoms with Gasteiger partial charge in [0.25, 0.3) is 11.8 Å². The molecule has 2 rings (SSSR count). The average molecular weight is 246 g/mol. The van der Waals surface area contributed by atoms with Gasteiger partial charge in [0.15, 0.2) is 0 Å². The fourth-order valence-electron chi connectivity index (χ4n) is 1.40. The van der Waals surface area contributed by atoms with Crippen LogP contribution in [0.25, 0.3) is 0 Å². The number of nitrogens with zero attached hydrogens (tertiary/aromatic N) is 1. The van der Waals surface area contributed by atoms with Gasteiger partial charge in [0, 0.05) is 19.1 Å². The zero-order valence-electron chi connectivity index (χ0n) is 9.54. The highest BCUT2D eigenvalue weighted by Gasteiger charge is 2.23. The van der Waals surface area contributed by atoms with E-state index in [9.17, 15) is 14.4 Å². The van der Waals surface area contributed by atoms with Crippen molar-refractivity contribution in [2.75, 3.05) is 5.43 Å². The minimum absolute atomic E-state index is 0.394. The Bertz CT molecular complexity index is 516. The van der Waals surface area contributed by atoms with E-state index in [1.54, 1.807) is 24.3 Å². The summed E-state index contributed by atoms with van der Waals surface area (Å²) in [7, 11) is 0. The Balaban J connectivity index is 2.04. The molecule has 1 aliphatic rings. The number of ether oxygens (including phenoxy) is 1. The Hall–Kier alpha value is -2.63. The lowest BCUT2D eigenvalue weighted by molar-refractivity contribution is -0.135. The van der Waals surface area contributed by atoms with Crippen molar-refractivity contribution in [3.8, 4) is 5.75 Å². The summed E-state index contributed by atoms with van der Waals surface area (Å²) in [5.41, 5.74) is 3.19. The minimum Gasteiger partial charge on any atom is -0.427 e.